The van der Waals surface area contributed by atoms with Crippen LogP contribution in [0.15, 0.2) is 223 Å². The van der Waals surface area contributed by atoms with E-state index in [-0.39, 0.29) is 5.41 Å². The van der Waals surface area contributed by atoms with Gasteiger partial charge in [0.1, 0.15) is 11.2 Å². The number of furan rings is 1. The lowest BCUT2D eigenvalue weighted by Gasteiger charge is -2.29. The van der Waals surface area contributed by atoms with Crippen LogP contribution in [0.3, 0.4) is 0 Å². The second kappa shape index (κ2) is 13.9. The van der Waals surface area contributed by atoms with Crippen molar-refractivity contribution >= 4 is 71.6 Å². The van der Waals surface area contributed by atoms with Crippen molar-refractivity contribution in [3.63, 3.8) is 0 Å². The highest BCUT2D eigenvalue weighted by molar-refractivity contribution is 6.16. The van der Waals surface area contributed by atoms with Crippen LogP contribution in [-0.4, -0.2) is 4.57 Å². The molecule has 0 atom stereocenters. The summed E-state index contributed by atoms with van der Waals surface area (Å²) < 4.78 is 8.98. The Hall–Kier alpha value is -8.14. The molecule has 0 unspecified atom stereocenters. The van der Waals surface area contributed by atoms with Crippen molar-refractivity contribution in [1.29, 1.82) is 0 Å². The first-order valence-electron chi connectivity index (χ1n) is 22.2. The van der Waals surface area contributed by atoms with Crippen LogP contribution in [0.1, 0.15) is 25.0 Å². The number of aromatic nitrogens is 1. The highest BCUT2D eigenvalue weighted by atomic mass is 16.3. The van der Waals surface area contributed by atoms with E-state index in [1.807, 2.05) is 0 Å². The molecule has 0 N–H and O–H groups in total. The summed E-state index contributed by atoms with van der Waals surface area (Å²) in [6.45, 7) is 4.73. The van der Waals surface area contributed by atoms with E-state index >= 15 is 0 Å². The van der Waals surface area contributed by atoms with Crippen LogP contribution in [0.25, 0.3) is 93.6 Å². The molecule has 1 aliphatic carbocycles. The van der Waals surface area contributed by atoms with E-state index in [0.29, 0.717) is 0 Å². The molecule has 12 aromatic rings. The predicted molar refractivity (Wildman–Crippen MR) is 269 cm³/mol. The van der Waals surface area contributed by atoms with Gasteiger partial charge in [-0.05, 0) is 111 Å². The first-order chi connectivity index (χ1) is 31.5. The molecule has 3 nitrogen and oxygen atoms in total. The minimum atomic E-state index is -0.117. The van der Waals surface area contributed by atoms with Gasteiger partial charge in [0, 0.05) is 55.0 Å². The Morgan fingerprint density at radius 1 is 0.422 bits per heavy atom. The van der Waals surface area contributed by atoms with Crippen molar-refractivity contribution in [3.05, 3.63) is 230 Å². The predicted octanol–water partition coefficient (Wildman–Crippen LogP) is 16.9. The van der Waals surface area contributed by atoms with Crippen LogP contribution < -0.4 is 4.90 Å². The van der Waals surface area contributed by atoms with Gasteiger partial charge in [-0.1, -0.05) is 166 Å². The lowest BCUT2D eigenvalue weighted by Crippen LogP contribution is -2.16. The van der Waals surface area contributed by atoms with Gasteiger partial charge in [0.05, 0.1) is 16.7 Å². The maximum absolute atomic E-state index is 6.58. The third kappa shape index (κ3) is 5.41. The van der Waals surface area contributed by atoms with E-state index in [0.717, 1.165) is 61.2 Å². The van der Waals surface area contributed by atoms with Crippen molar-refractivity contribution in [1.82, 2.24) is 4.57 Å². The Kier molecular flexibility index (Phi) is 7.95. The highest BCUT2D eigenvalue weighted by Gasteiger charge is 2.37. The molecule has 2 heterocycles. The zero-order chi connectivity index (χ0) is 42.5. The molecule has 0 bridgehead atoms. The van der Waals surface area contributed by atoms with Crippen LogP contribution in [0.2, 0.25) is 0 Å². The number of fused-ring (bicyclic) bond motifs is 11. The summed E-state index contributed by atoms with van der Waals surface area (Å²) in [6, 6.07) is 79.7. The van der Waals surface area contributed by atoms with Crippen molar-refractivity contribution in [3.8, 4) is 39.1 Å². The van der Waals surface area contributed by atoms with Gasteiger partial charge >= 0.3 is 0 Å². The lowest BCUT2D eigenvalue weighted by molar-refractivity contribution is 0.662. The molecule has 0 saturated carbocycles. The van der Waals surface area contributed by atoms with Gasteiger partial charge in [-0.15, -0.1) is 0 Å². The summed E-state index contributed by atoms with van der Waals surface area (Å²) in [7, 11) is 0. The normalized spacial score (nSPS) is 13.0. The molecule has 0 spiro atoms. The smallest absolute Gasteiger partial charge is 0.143 e. The summed E-state index contributed by atoms with van der Waals surface area (Å²) in [5, 5.41) is 7.03. The molecule has 0 aliphatic heterocycles. The fourth-order valence-corrected chi connectivity index (χ4v) is 10.9. The Balaban J connectivity index is 0.995. The van der Waals surface area contributed by atoms with Gasteiger partial charge < -0.3 is 13.9 Å². The molecule has 0 saturated heterocycles. The molecule has 64 heavy (non-hydrogen) atoms. The van der Waals surface area contributed by atoms with Gasteiger partial charge in [-0.25, -0.2) is 0 Å². The topological polar surface area (TPSA) is 21.3 Å². The number of para-hydroxylation sites is 3. The third-order valence-electron chi connectivity index (χ3n) is 13.8. The fraction of sp³-hybridized carbons (Fsp3) is 0.0492. The second-order valence-electron chi connectivity index (χ2n) is 17.7. The number of hydrogen-bond acceptors (Lipinski definition) is 2. The Bertz CT molecular complexity index is 3770. The molecular weight excluding hydrogens is 777 g/mol. The number of hydrogen-bond donors (Lipinski definition) is 0. The van der Waals surface area contributed by atoms with Crippen LogP contribution >= 0.6 is 0 Å². The minimum absolute atomic E-state index is 0.117. The monoisotopic (exact) mass is 818 g/mol. The minimum Gasteiger partial charge on any atom is -0.455 e. The molecule has 302 valence electrons. The van der Waals surface area contributed by atoms with E-state index < -0.39 is 0 Å². The molecule has 2 aromatic heterocycles. The highest BCUT2D eigenvalue weighted by Crippen LogP contribution is 2.52. The van der Waals surface area contributed by atoms with E-state index in [2.05, 4.69) is 242 Å². The zero-order valence-corrected chi connectivity index (χ0v) is 35.6. The van der Waals surface area contributed by atoms with E-state index in [1.54, 1.807) is 0 Å². The first-order valence-corrected chi connectivity index (χ1v) is 22.2. The molecular formula is C61H42N2O. The molecule has 0 radical (unpaired) electrons. The molecule has 1 aliphatic rings. The van der Waals surface area contributed by atoms with Gasteiger partial charge in [0.15, 0.2) is 0 Å². The van der Waals surface area contributed by atoms with E-state index in [1.165, 1.54) is 60.6 Å². The van der Waals surface area contributed by atoms with Crippen LogP contribution in [0.5, 0.6) is 0 Å². The zero-order valence-electron chi connectivity index (χ0n) is 35.6. The third-order valence-corrected chi connectivity index (χ3v) is 13.8. The summed E-state index contributed by atoms with van der Waals surface area (Å²) in [4.78, 5) is 2.43. The van der Waals surface area contributed by atoms with Gasteiger partial charge in [0.2, 0.25) is 0 Å². The maximum Gasteiger partial charge on any atom is 0.143 e. The number of nitrogens with zero attached hydrogens (tertiary/aromatic N) is 2. The van der Waals surface area contributed by atoms with Crippen molar-refractivity contribution in [2.24, 2.45) is 0 Å². The Labute approximate surface area is 371 Å². The number of benzene rings is 10. The maximum atomic E-state index is 6.58. The van der Waals surface area contributed by atoms with Crippen LogP contribution in [0, 0.1) is 0 Å². The SMILES string of the molecule is CC1(C)c2ccccc2-c2cccc(-c3ccc(N(c4cccc(-n5c6ccccc6c6ccccc65)c4)c4ccccc4-c4ccc5oc6c7ccccc7ccc6c5c4)cc3)c21. The fourth-order valence-electron chi connectivity index (χ4n) is 10.9. The van der Waals surface area contributed by atoms with Crippen LogP contribution in [-0.2, 0) is 5.41 Å². The van der Waals surface area contributed by atoms with Gasteiger partial charge in [-0.3, -0.25) is 0 Å². The van der Waals surface area contributed by atoms with Gasteiger partial charge in [-0.2, -0.15) is 0 Å². The lowest BCUT2D eigenvalue weighted by atomic mass is 9.79. The summed E-state index contributed by atoms with van der Waals surface area (Å²) in [5.74, 6) is 0. The Morgan fingerprint density at radius 2 is 1.06 bits per heavy atom. The van der Waals surface area contributed by atoms with Crippen molar-refractivity contribution in [2.45, 2.75) is 19.3 Å². The average Bonchev–Trinajstić information content (AvgIpc) is 3.98. The number of anilines is 3. The Morgan fingerprint density at radius 3 is 1.88 bits per heavy atom. The molecule has 0 amide bonds. The van der Waals surface area contributed by atoms with Crippen molar-refractivity contribution in [2.75, 3.05) is 4.90 Å². The van der Waals surface area contributed by atoms with Gasteiger partial charge in [0.25, 0.3) is 0 Å². The average molecular weight is 819 g/mol. The number of rotatable bonds is 6. The summed E-state index contributed by atoms with van der Waals surface area (Å²) in [5.41, 5.74) is 18.6. The second-order valence-corrected chi connectivity index (χ2v) is 17.7. The summed E-state index contributed by atoms with van der Waals surface area (Å²) >= 11 is 0. The quantitative estimate of drug-likeness (QED) is 0.167. The molecule has 10 aromatic carbocycles. The first kappa shape index (κ1) is 36.5. The molecule has 0 fully saturated rings. The molecule has 13 rings (SSSR count). The standard InChI is InChI=1S/C61H42N2O/c1-61(2)54-25-9-5-20-48(54)51-24-14-23-46(59(51)61)40-29-33-42(34-30-40)62(43-16-13-17-44(38-43)63-56-27-11-7-21-49(56)50-22-8-12-28-57(50)63)55-26-10-6-18-45(55)41-32-36-58-53(37-41)52-35-31-39-15-3-4-19-47(39)60(52)64-58/h3-38H,1-2H3. The van der Waals surface area contributed by atoms with Crippen LogP contribution in [0.4, 0.5) is 17.1 Å². The summed E-state index contributed by atoms with van der Waals surface area (Å²) in [6.07, 6.45) is 0. The molecule has 3 heteroatoms. The van der Waals surface area contributed by atoms with E-state index in [9.17, 15) is 0 Å². The largest absolute Gasteiger partial charge is 0.455 e. The van der Waals surface area contributed by atoms with Crippen molar-refractivity contribution < 1.29 is 4.42 Å². The van der Waals surface area contributed by atoms with E-state index in [4.69, 9.17) is 4.42 Å².